The lowest BCUT2D eigenvalue weighted by molar-refractivity contribution is -0.157. The number of rotatable bonds is 7. The topological polar surface area (TPSA) is 48.0 Å². The maximum absolute atomic E-state index is 12.7. The van der Waals surface area contributed by atoms with E-state index in [4.69, 9.17) is 25.8 Å². The van der Waals surface area contributed by atoms with Crippen LogP contribution in [0.5, 0.6) is 11.5 Å². The van der Waals surface area contributed by atoms with Gasteiger partial charge in [0.25, 0.3) is 0 Å². The molecular formula is C20H28ClNO4. The van der Waals surface area contributed by atoms with Crippen LogP contribution in [0, 0.1) is 5.41 Å². The van der Waals surface area contributed by atoms with Crippen LogP contribution in [0.15, 0.2) is 12.1 Å². The molecule has 2 aliphatic heterocycles. The molecule has 1 aromatic rings. The lowest BCUT2D eigenvalue weighted by Gasteiger charge is -2.34. The molecule has 0 saturated carbocycles. The van der Waals surface area contributed by atoms with Gasteiger partial charge in [0, 0.05) is 18.6 Å². The van der Waals surface area contributed by atoms with E-state index >= 15 is 0 Å². The van der Waals surface area contributed by atoms with Crippen LogP contribution >= 0.6 is 11.6 Å². The van der Waals surface area contributed by atoms with Crippen molar-refractivity contribution in [2.24, 2.45) is 5.41 Å². The first-order chi connectivity index (χ1) is 12.5. The molecule has 2 aliphatic rings. The summed E-state index contributed by atoms with van der Waals surface area (Å²) in [5, 5.41) is 0.580. The van der Waals surface area contributed by atoms with Crippen molar-refractivity contribution in [3.8, 4) is 11.5 Å². The van der Waals surface area contributed by atoms with Crippen molar-refractivity contribution < 1.29 is 19.0 Å². The van der Waals surface area contributed by atoms with Crippen molar-refractivity contribution in [1.82, 2.24) is 4.90 Å². The van der Waals surface area contributed by atoms with Crippen molar-refractivity contribution >= 4 is 17.6 Å². The third kappa shape index (κ3) is 2.95. The van der Waals surface area contributed by atoms with Crippen LogP contribution in [0.4, 0.5) is 0 Å². The number of hydrogen-bond donors (Lipinski definition) is 0. The molecule has 0 radical (unpaired) electrons. The highest BCUT2D eigenvalue weighted by atomic mass is 35.5. The number of benzene rings is 1. The average Bonchev–Trinajstić information content (AvgIpc) is 3.18. The van der Waals surface area contributed by atoms with E-state index in [0.29, 0.717) is 35.7 Å². The molecule has 2 fully saturated rings. The molecule has 2 bridgehead atoms. The fraction of sp³-hybridized carbons (Fsp3) is 0.650. The van der Waals surface area contributed by atoms with Crippen molar-refractivity contribution in [3.63, 3.8) is 0 Å². The van der Waals surface area contributed by atoms with E-state index in [9.17, 15) is 4.79 Å². The van der Waals surface area contributed by atoms with E-state index in [-0.39, 0.29) is 17.4 Å². The smallest absolute Gasteiger partial charge is 0.313 e. The predicted molar refractivity (Wildman–Crippen MR) is 101 cm³/mol. The summed E-state index contributed by atoms with van der Waals surface area (Å²) >= 11 is 6.58. The third-order valence-corrected chi connectivity index (χ3v) is 6.53. The van der Waals surface area contributed by atoms with Crippen LogP contribution in [0.3, 0.4) is 0 Å². The zero-order valence-electron chi connectivity index (χ0n) is 16.0. The normalized spacial score (nSPS) is 27.6. The predicted octanol–water partition coefficient (Wildman–Crippen LogP) is 4.05. The fourth-order valence-corrected chi connectivity index (χ4v) is 5.11. The number of esters is 1. The number of halogens is 1. The van der Waals surface area contributed by atoms with Gasteiger partial charge in [-0.1, -0.05) is 24.6 Å². The van der Waals surface area contributed by atoms with Gasteiger partial charge >= 0.3 is 5.97 Å². The molecule has 6 heteroatoms. The zero-order valence-corrected chi connectivity index (χ0v) is 16.8. The van der Waals surface area contributed by atoms with E-state index in [2.05, 4.69) is 11.8 Å². The number of methoxy groups -OCH3 is 2. The molecule has 0 spiro atoms. The van der Waals surface area contributed by atoms with E-state index in [1.165, 1.54) is 0 Å². The van der Waals surface area contributed by atoms with E-state index < -0.39 is 0 Å². The summed E-state index contributed by atoms with van der Waals surface area (Å²) in [7, 11) is 3.19. The first-order valence-corrected chi connectivity index (χ1v) is 9.72. The van der Waals surface area contributed by atoms with Gasteiger partial charge in [-0.25, -0.2) is 0 Å². The Bertz CT molecular complexity index is 680. The Morgan fingerprint density at radius 1 is 1.27 bits per heavy atom. The molecule has 3 rings (SSSR count). The second-order valence-electron chi connectivity index (χ2n) is 7.13. The van der Waals surface area contributed by atoms with Gasteiger partial charge < -0.3 is 14.2 Å². The van der Waals surface area contributed by atoms with Crippen molar-refractivity contribution in [2.45, 2.75) is 58.2 Å². The lowest BCUT2D eigenvalue weighted by Crippen LogP contribution is -2.44. The van der Waals surface area contributed by atoms with Crippen LogP contribution in [0.1, 0.15) is 45.1 Å². The van der Waals surface area contributed by atoms with Gasteiger partial charge in [-0.3, -0.25) is 9.69 Å². The number of carbonyl (C=O) groups is 1. The molecule has 0 N–H and O–H groups in total. The summed E-state index contributed by atoms with van der Waals surface area (Å²) in [5.74, 6) is 1.14. The monoisotopic (exact) mass is 381 g/mol. The molecule has 3 atom stereocenters. The molecular weight excluding hydrogens is 354 g/mol. The van der Waals surface area contributed by atoms with Crippen molar-refractivity contribution in [2.75, 3.05) is 20.8 Å². The van der Waals surface area contributed by atoms with E-state index in [1.54, 1.807) is 14.2 Å². The molecule has 0 aliphatic carbocycles. The summed E-state index contributed by atoms with van der Waals surface area (Å²) in [5.41, 5.74) is 0.610. The maximum Gasteiger partial charge on any atom is 0.313 e. The maximum atomic E-state index is 12.7. The summed E-state index contributed by atoms with van der Waals surface area (Å²) in [4.78, 5) is 15.2. The third-order valence-electron chi connectivity index (χ3n) is 6.11. The summed E-state index contributed by atoms with van der Waals surface area (Å²) < 4.78 is 16.2. The minimum Gasteiger partial charge on any atom is -0.493 e. The summed E-state index contributed by atoms with van der Waals surface area (Å²) in [6.45, 7) is 5.10. The van der Waals surface area contributed by atoms with Crippen LogP contribution in [0.2, 0.25) is 5.02 Å². The summed E-state index contributed by atoms with van der Waals surface area (Å²) in [6.07, 6.45) is 3.83. The molecule has 1 aromatic carbocycles. The zero-order chi connectivity index (χ0) is 18.9. The van der Waals surface area contributed by atoms with E-state index in [1.807, 2.05) is 19.1 Å². The van der Waals surface area contributed by atoms with Crippen molar-refractivity contribution in [3.05, 3.63) is 22.7 Å². The van der Waals surface area contributed by atoms with Crippen molar-refractivity contribution in [1.29, 1.82) is 0 Å². The highest BCUT2D eigenvalue weighted by molar-refractivity contribution is 6.33. The first kappa shape index (κ1) is 19.3. The Kier molecular flexibility index (Phi) is 5.68. The Morgan fingerprint density at radius 3 is 2.65 bits per heavy atom. The first-order valence-electron chi connectivity index (χ1n) is 9.34. The van der Waals surface area contributed by atoms with Crippen LogP contribution in [0.25, 0.3) is 0 Å². The summed E-state index contributed by atoms with van der Waals surface area (Å²) in [6, 6.07) is 4.48. The number of carbonyl (C=O) groups excluding carboxylic acids is 1. The lowest BCUT2D eigenvalue weighted by atomic mass is 9.72. The standard InChI is InChI=1S/C20H28ClNO4/c1-5-20(19(23)26-6-2)11-14-8-10-16(20)22(14)12-13-7-9-15(24-3)18(25-4)17(13)21/h7,9,14,16H,5-6,8,10-12H2,1-4H3/t14-,16+,20+/m0/s1. The van der Waals surface area contributed by atoms with Crippen LogP contribution < -0.4 is 9.47 Å². The Morgan fingerprint density at radius 2 is 2.04 bits per heavy atom. The van der Waals surface area contributed by atoms with Gasteiger partial charge in [-0.05, 0) is 44.2 Å². The van der Waals surface area contributed by atoms with Crippen LogP contribution in [-0.4, -0.2) is 43.8 Å². The molecule has 5 nitrogen and oxygen atoms in total. The highest BCUT2D eigenvalue weighted by Gasteiger charge is 2.59. The Labute approximate surface area is 160 Å². The minimum absolute atomic E-state index is 0.0434. The quantitative estimate of drug-likeness (QED) is 0.667. The SMILES string of the molecule is CCOC(=O)[C@]1(CC)C[C@@H]2CC[C@H]1N2Cc1ccc(OC)c(OC)c1Cl. The van der Waals surface area contributed by atoms with Gasteiger partial charge in [0.2, 0.25) is 0 Å². The second kappa shape index (κ2) is 7.65. The van der Waals surface area contributed by atoms with Crippen LogP contribution in [-0.2, 0) is 16.1 Å². The molecule has 2 saturated heterocycles. The minimum atomic E-state index is -0.387. The number of fused-ring (bicyclic) bond motifs is 2. The number of hydrogen-bond acceptors (Lipinski definition) is 5. The largest absolute Gasteiger partial charge is 0.493 e. The Hall–Kier alpha value is -1.46. The average molecular weight is 382 g/mol. The van der Waals surface area contributed by atoms with Gasteiger partial charge in [0.1, 0.15) is 0 Å². The molecule has 0 unspecified atom stereocenters. The van der Waals surface area contributed by atoms with E-state index in [0.717, 1.165) is 31.2 Å². The van der Waals surface area contributed by atoms with Gasteiger partial charge in [0.05, 0.1) is 31.3 Å². The molecule has 26 heavy (non-hydrogen) atoms. The molecule has 0 amide bonds. The van der Waals surface area contributed by atoms with Gasteiger partial charge in [0.15, 0.2) is 11.5 Å². The molecule has 2 heterocycles. The van der Waals surface area contributed by atoms with Gasteiger partial charge in [-0.15, -0.1) is 0 Å². The molecule has 144 valence electrons. The second-order valence-corrected chi connectivity index (χ2v) is 7.51. The number of ether oxygens (including phenoxy) is 3. The Balaban J connectivity index is 1.87. The fourth-order valence-electron chi connectivity index (χ4n) is 4.81. The molecule has 0 aromatic heterocycles. The highest BCUT2D eigenvalue weighted by Crippen LogP contribution is 2.53. The number of nitrogens with zero attached hydrogens (tertiary/aromatic N) is 1. The van der Waals surface area contributed by atoms with Gasteiger partial charge in [-0.2, -0.15) is 0 Å².